The van der Waals surface area contributed by atoms with Crippen LogP contribution in [0.2, 0.25) is 0 Å². The zero-order chi connectivity index (χ0) is 10.6. The summed E-state index contributed by atoms with van der Waals surface area (Å²) in [6, 6.07) is 0. The number of rotatable bonds is 3. The third-order valence-corrected chi connectivity index (χ3v) is 1.98. The van der Waals surface area contributed by atoms with Crippen LogP contribution in [0.3, 0.4) is 0 Å². The molecular formula is C10H12O4. The summed E-state index contributed by atoms with van der Waals surface area (Å²) < 4.78 is 4.77. The highest BCUT2D eigenvalue weighted by Gasteiger charge is 2.31. The van der Waals surface area contributed by atoms with Crippen LogP contribution < -0.4 is 0 Å². The van der Waals surface area contributed by atoms with E-state index in [0.29, 0.717) is 0 Å². The van der Waals surface area contributed by atoms with Gasteiger partial charge in [-0.25, -0.2) is 0 Å². The Hall–Kier alpha value is -1.58. The lowest BCUT2D eigenvalue weighted by molar-refractivity contribution is -0.153. The lowest BCUT2D eigenvalue weighted by Crippen LogP contribution is -2.29. The summed E-state index contributed by atoms with van der Waals surface area (Å²) >= 11 is 0. The Kier molecular flexibility index (Phi) is 3.45. The van der Waals surface area contributed by atoms with Crippen molar-refractivity contribution in [2.75, 3.05) is 6.61 Å². The summed E-state index contributed by atoms with van der Waals surface area (Å²) in [6.45, 7) is 1.95. The molecule has 14 heavy (non-hydrogen) atoms. The van der Waals surface area contributed by atoms with E-state index in [4.69, 9.17) is 9.84 Å². The van der Waals surface area contributed by atoms with Gasteiger partial charge in [0.15, 0.2) is 0 Å². The van der Waals surface area contributed by atoms with Crippen LogP contribution in [0, 0.1) is 11.8 Å². The molecule has 0 saturated carbocycles. The summed E-state index contributed by atoms with van der Waals surface area (Å²) in [5.41, 5.74) is 0. The van der Waals surface area contributed by atoms with E-state index in [1.807, 2.05) is 0 Å². The number of allylic oxidation sites excluding steroid dienone is 2. The van der Waals surface area contributed by atoms with Crippen molar-refractivity contribution in [1.29, 1.82) is 0 Å². The first-order chi connectivity index (χ1) is 6.66. The Morgan fingerprint density at radius 2 is 1.86 bits per heavy atom. The summed E-state index contributed by atoms with van der Waals surface area (Å²) in [7, 11) is 0. The van der Waals surface area contributed by atoms with Gasteiger partial charge in [0, 0.05) is 0 Å². The number of hydrogen-bond acceptors (Lipinski definition) is 3. The molecule has 4 heteroatoms. The molecule has 0 bridgehead atoms. The molecule has 1 rings (SSSR count). The van der Waals surface area contributed by atoms with Crippen molar-refractivity contribution in [3.63, 3.8) is 0 Å². The maximum atomic E-state index is 11.3. The summed E-state index contributed by atoms with van der Waals surface area (Å²) in [4.78, 5) is 22.1. The molecule has 2 unspecified atom stereocenters. The van der Waals surface area contributed by atoms with Gasteiger partial charge in [-0.15, -0.1) is 0 Å². The zero-order valence-corrected chi connectivity index (χ0v) is 7.84. The minimum Gasteiger partial charge on any atom is -0.481 e. The zero-order valence-electron chi connectivity index (χ0n) is 7.84. The van der Waals surface area contributed by atoms with Crippen molar-refractivity contribution in [3.05, 3.63) is 24.3 Å². The van der Waals surface area contributed by atoms with Crippen molar-refractivity contribution in [2.45, 2.75) is 6.92 Å². The number of aliphatic carboxylic acids is 1. The highest BCUT2D eigenvalue weighted by Crippen LogP contribution is 2.21. The molecule has 1 aliphatic carbocycles. The van der Waals surface area contributed by atoms with Crippen LogP contribution in [0.1, 0.15) is 6.92 Å². The SMILES string of the molecule is CCOC(=O)C1C=CC=CC1C(=O)O. The second kappa shape index (κ2) is 4.60. The molecule has 0 aromatic rings. The van der Waals surface area contributed by atoms with Crippen LogP contribution in [0.25, 0.3) is 0 Å². The smallest absolute Gasteiger partial charge is 0.313 e. The number of ether oxygens (including phenoxy) is 1. The second-order valence-electron chi connectivity index (χ2n) is 2.91. The molecule has 2 atom stereocenters. The first-order valence-corrected chi connectivity index (χ1v) is 4.41. The van der Waals surface area contributed by atoms with Crippen molar-refractivity contribution in [1.82, 2.24) is 0 Å². The fourth-order valence-corrected chi connectivity index (χ4v) is 1.31. The Morgan fingerprint density at radius 1 is 1.29 bits per heavy atom. The van der Waals surface area contributed by atoms with Gasteiger partial charge in [-0.05, 0) is 6.92 Å². The Bertz CT molecular complexity index is 290. The number of carboxylic acid groups (broad SMARTS) is 1. The van der Waals surface area contributed by atoms with Crippen molar-refractivity contribution in [2.24, 2.45) is 11.8 Å². The molecule has 76 valence electrons. The normalized spacial score (nSPS) is 24.6. The van der Waals surface area contributed by atoms with Crippen molar-refractivity contribution in [3.8, 4) is 0 Å². The average molecular weight is 196 g/mol. The molecule has 0 aromatic carbocycles. The van der Waals surface area contributed by atoms with Gasteiger partial charge in [-0.2, -0.15) is 0 Å². The maximum Gasteiger partial charge on any atom is 0.313 e. The number of carbonyl (C=O) groups is 2. The van der Waals surface area contributed by atoms with Crippen LogP contribution in [-0.4, -0.2) is 23.7 Å². The Balaban J connectivity index is 2.75. The number of esters is 1. The fraction of sp³-hybridized carbons (Fsp3) is 0.400. The minimum absolute atomic E-state index is 0.263. The fourth-order valence-electron chi connectivity index (χ4n) is 1.31. The van der Waals surface area contributed by atoms with E-state index in [-0.39, 0.29) is 6.61 Å². The van der Waals surface area contributed by atoms with Gasteiger partial charge in [0.2, 0.25) is 0 Å². The molecule has 0 amide bonds. The van der Waals surface area contributed by atoms with E-state index < -0.39 is 23.8 Å². The van der Waals surface area contributed by atoms with E-state index in [0.717, 1.165) is 0 Å². The second-order valence-corrected chi connectivity index (χ2v) is 2.91. The predicted octanol–water partition coefficient (Wildman–Crippen LogP) is 0.992. The molecule has 1 aliphatic rings. The maximum absolute atomic E-state index is 11.3. The van der Waals surface area contributed by atoms with E-state index >= 15 is 0 Å². The first kappa shape index (κ1) is 10.5. The summed E-state index contributed by atoms with van der Waals surface area (Å²) in [5.74, 6) is -3.00. The van der Waals surface area contributed by atoms with Gasteiger partial charge in [0.25, 0.3) is 0 Å². The molecule has 0 aliphatic heterocycles. The number of hydrogen-bond donors (Lipinski definition) is 1. The van der Waals surface area contributed by atoms with Crippen LogP contribution in [0.4, 0.5) is 0 Å². The van der Waals surface area contributed by atoms with Gasteiger partial charge in [-0.1, -0.05) is 24.3 Å². The van der Waals surface area contributed by atoms with Crippen LogP contribution in [-0.2, 0) is 14.3 Å². The van der Waals surface area contributed by atoms with Crippen LogP contribution >= 0.6 is 0 Å². The van der Waals surface area contributed by atoms with Crippen molar-refractivity contribution >= 4 is 11.9 Å². The molecule has 4 nitrogen and oxygen atoms in total. The predicted molar refractivity (Wildman–Crippen MR) is 49.5 cm³/mol. The van der Waals surface area contributed by atoms with Crippen LogP contribution in [0.15, 0.2) is 24.3 Å². The van der Waals surface area contributed by atoms with E-state index in [9.17, 15) is 9.59 Å². The van der Waals surface area contributed by atoms with Gasteiger partial charge >= 0.3 is 11.9 Å². The summed E-state index contributed by atoms with van der Waals surface area (Å²) in [6.07, 6.45) is 6.32. The lowest BCUT2D eigenvalue weighted by Gasteiger charge is -2.18. The molecular weight excluding hydrogens is 184 g/mol. The van der Waals surface area contributed by atoms with E-state index in [1.54, 1.807) is 25.2 Å². The molecule has 0 spiro atoms. The highest BCUT2D eigenvalue weighted by molar-refractivity contribution is 5.84. The quantitative estimate of drug-likeness (QED) is 0.684. The average Bonchev–Trinajstić information content (AvgIpc) is 2.18. The van der Waals surface area contributed by atoms with E-state index in [2.05, 4.69) is 0 Å². The van der Waals surface area contributed by atoms with Crippen molar-refractivity contribution < 1.29 is 19.4 Å². The van der Waals surface area contributed by atoms with Crippen LogP contribution in [0.5, 0.6) is 0 Å². The van der Waals surface area contributed by atoms with Gasteiger partial charge < -0.3 is 9.84 Å². The topological polar surface area (TPSA) is 63.6 Å². The third kappa shape index (κ3) is 2.22. The van der Waals surface area contributed by atoms with Gasteiger partial charge in [-0.3, -0.25) is 9.59 Å². The Labute approximate surface area is 81.9 Å². The largest absolute Gasteiger partial charge is 0.481 e. The Morgan fingerprint density at radius 3 is 2.36 bits per heavy atom. The minimum atomic E-state index is -1.01. The molecule has 1 N–H and O–H groups in total. The monoisotopic (exact) mass is 196 g/mol. The van der Waals surface area contributed by atoms with E-state index in [1.165, 1.54) is 6.08 Å². The summed E-state index contributed by atoms with van der Waals surface area (Å²) in [5, 5.41) is 8.83. The molecule has 0 radical (unpaired) electrons. The number of carboxylic acids is 1. The lowest BCUT2D eigenvalue weighted by atomic mass is 9.88. The molecule has 0 saturated heterocycles. The molecule has 0 aromatic heterocycles. The molecule has 0 heterocycles. The standard InChI is InChI=1S/C10H12O4/c1-2-14-10(13)8-6-4-3-5-7(8)9(11)12/h3-8H,2H2,1H3,(H,11,12). The van der Waals surface area contributed by atoms with Gasteiger partial charge in [0.1, 0.15) is 0 Å². The first-order valence-electron chi connectivity index (χ1n) is 4.41. The number of carbonyl (C=O) groups excluding carboxylic acids is 1. The third-order valence-electron chi connectivity index (χ3n) is 1.98. The molecule has 0 fully saturated rings. The highest BCUT2D eigenvalue weighted by atomic mass is 16.5. The van der Waals surface area contributed by atoms with Gasteiger partial charge in [0.05, 0.1) is 18.4 Å².